The molecule has 1 fully saturated rings. The summed E-state index contributed by atoms with van der Waals surface area (Å²) in [4.78, 5) is 23.7. The first-order chi connectivity index (χ1) is 14.4. The smallest absolute Gasteiger partial charge is 0.235 e. The van der Waals surface area contributed by atoms with E-state index in [-0.39, 0.29) is 5.91 Å². The Morgan fingerprint density at radius 3 is 2.63 bits per heavy atom. The minimum atomic E-state index is -1.14. The monoisotopic (exact) mass is 432 g/mol. The van der Waals surface area contributed by atoms with Gasteiger partial charge in [-0.05, 0) is 24.1 Å². The second-order valence-electron chi connectivity index (χ2n) is 7.30. The first-order valence-corrected chi connectivity index (χ1v) is 9.74. The lowest BCUT2D eigenvalue weighted by molar-refractivity contribution is -0.118. The van der Waals surface area contributed by atoms with E-state index in [4.69, 9.17) is 11.6 Å². The van der Waals surface area contributed by atoms with Crippen LogP contribution in [0, 0.1) is 5.92 Å². The molecule has 2 aromatic heterocycles. The van der Waals surface area contributed by atoms with E-state index in [2.05, 4.69) is 25.8 Å². The van der Waals surface area contributed by atoms with Crippen LogP contribution in [-0.2, 0) is 4.79 Å². The topological polar surface area (TPSA) is 145 Å². The highest BCUT2D eigenvalue weighted by Gasteiger charge is 2.46. The number of aromatic nitrogens is 4. The Morgan fingerprint density at radius 2 is 1.93 bits per heavy atom. The van der Waals surface area contributed by atoms with E-state index in [9.17, 15) is 20.1 Å². The lowest BCUT2D eigenvalue weighted by Gasteiger charge is -2.22. The van der Waals surface area contributed by atoms with Gasteiger partial charge >= 0.3 is 0 Å². The molecule has 0 radical (unpaired) electrons. The van der Waals surface area contributed by atoms with Gasteiger partial charge in [-0.25, -0.2) is 15.0 Å². The molecular weight excluding hydrogens is 412 g/mol. The van der Waals surface area contributed by atoms with Crippen LogP contribution in [0.5, 0.6) is 0 Å². The van der Waals surface area contributed by atoms with Gasteiger partial charge < -0.3 is 19.9 Å². The lowest BCUT2D eigenvalue weighted by Crippen LogP contribution is -2.31. The van der Waals surface area contributed by atoms with Crippen molar-refractivity contribution in [3.05, 3.63) is 47.5 Å². The second kappa shape index (κ2) is 8.15. The van der Waals surface area contributed by atoms with E-state index in [1.807, 2.05) is 0 Å². The van der Waals surface area contributed by atoms with Crippen LogP contribution in [0.2, 0.25) is 5.02 Å². The third-order valence-electron chi connectivity index (χ3n) is 5.39. The molecule has 11 heteroatoms. The molecule has 0 bridgehead atoms. The zero-order valence-electron chi connectivity index (χ0n) is 16.0. The largest absolute Gasteiger partial charge is 0.390 e. The van der Waals surface area contributed by atoms with Crippen LogP contribution < -0.4 is 10.9 Å². The summed E-state index contributed by atoms with van der Waals surface area (Å²) in [6, 6.07) is 6.16. The fourth-order valence-corrected chi connectivity index (χ4v) is 4.00. The standard InChI is InChI=1S/C19H21ClN6O4/c1-9(27)24-25-18-14-19(22-7-21-18)26(8-23-14)13-6-12(16(29)17(13)30)15(28)10-2-4-11(20)5-3-10/h2-5,7-8,12-13,15-17,28-30H,6H2,1H3,(H,24,27)(H,21,22,25)/t12-,13-,15-,16-,17+/m1/s1. The fraction of sp³-hybridized carbons (Fsp3) is 0.368. The molecule has 1 aromatic carbocycles. The molecule has 1 saturated carbocycles. The van der Waals surface area contributed by atoms with Gasteiger partial charge in [0.1, 0.15) is 12.4 Å². The van der Waals surface area contributed by atoms with Crippen molar-refractivity contribution >= 4 is 34.5 Å². The number of imidazole rings is 1. The Bertz CT molecular complexity index is 1060. The summed E-state index contributed by atoms with van der Waals surface area (Å²) in [5.74, 6) is -0.586. The molecule has 0 aliphatic heterocycles. The number of carbonyl (C=O) groups excluding carboxylic acids is 1. The number of hydrazine groups is 1. The highest BCUT2D eigenvalue weighted by Crippen LogP contribution is 2.43. The van der Waals surface area contributed by atoms with Gasteiger partial charge in [0.25, 0.3) is 0 Å². The zero-order valence-corrected chi connectivity index (χ0v) is 16.7. The van der Waals surface area contributed by atoms with Gasteiger partial charge in [-0.1, -0.05) is 23.7 Å². The Labute approximate surface area is 176 Å². The van der Waals surface area contributed by atoms with Crippen LogP contribution >= 0.6 is 11.6 Å². The van der Waals surface area contributed by atoms with E-state index < -0.39 is 30.3 Å². The van der Waals surface area contributed by atoms with E-state index in [1.165, 1.54) is 19.6 Å². The number of halogens is 1. The number of hydrogen-bond acceptors (Lipinski definition) is 8. The van der Waals surface area contributed by atoms with Crippen molar-refractivity contribution in [3.63, 3.8) is 0 Å². The number of carbonyl (C=O) groups is 1. The summed E-state index contributed by atoms with van der Waals surface area (Å²) < 4.78 is 1.65. The number of nitrogens with zero attached hydrogens (tertiary/aromatic N) is 4. The van der Waals surface area contributed by atoms with Crippen molar-refractivity contribution in [2.24, 2.45) is 5.92 Å². The van der Waals surface area contributed by atoms with Crippen molar-refractivity contribution < 1.29 is 20.1 Å². The number of amides is 1. The van der Waals surface area contributed by atoms with Crippen LogP contribution in [0.3, 0.4) is 0 Å². The molecule has 0 unspecified atom stereocenters. The van der Waals surface area contributed by atoms with E-state index in [0.717, 1.165) is 0 Å². The van der Waals surface area contributed by atoms with E-state index in [1.54, 1.807) is 28.8 Å². The molecule has 5 atom stereocenters. The van der Waals surface area contributed by atoms with Gasteiger partial charge in [-0.3, -0.25) is 15.6 Å². The second-order valence-corrected chi connectivity index (χ2v) is 7.73. The number of fused-ring (bicyclic) bond motifs is 1. The van der Waals surface area contributed by atoms with Crippen LogP contribution in [0.15, 0.2) is 36.9 Å². The molecule has 0 saturated heterocycles. The van der Waals surface area contributed by atoms with Crippen molar-refractivity contribution in [2.75, 3.05) is 5.43 Å². The molecule has 2 heterocycles. The zero-order chi connectivity index (χ0) is 21.4. The summed E-state index contributed by atoms with van der Waals surface area (Å²) in [6.07, 6.45) is -0.139. The lowest BCUT2D eigenvalue weighted by atomic mass is 9.92. The molecule has 3 aromatic rings. The highest BCUT2D eigenvalue weighted by atomic mass is 35.5. The predicted molar refractivity (Wildman–Crippen MR) is 108 cm³/mol. The van der Waals surface area contributed by atoms with Crippen LogP contribution in [0.4, 0.5) is 5.82 Å². The summed E-state index contributed by atoms with van der Waals surface area (Å²) in [5, 5.41) is 32.6. The first-order valence-electron chi connectivity index (χ1n) is 9.36. The Kier molecular flexibility index (Phi) is 5.56. The minimum absolute atomic E-state index is 0.297. The molecule has 30 heavy (non-hydrogen) atoms. The summed E-state index contributed by atoms with van der Waals surface area (Å²) in [6.45, 7) is 1.35. The average molecular weight is 433 g/mol. The van der Waals surface area contributed by atoms with Crippen molar-refractivity contribution in [1.82, 2.24) is 24.9 Å². The number of aliphatic hydroxyl groups is 3. The van der Waals surface area contributed by atoms with E-state index >= 15 is 0 Å². The molecule has 1 aliphatic carbocycles. The number of hydrogen-bond donors (Lipinski definition) is 5. The molecular formula is C19H21ClN6O4. The number of rotatable bonds is 5. The Morgan fingerprint density at radius 1 is 1.20 bits per heavy atom. The first kappa shape index (κ1) is 20.5. The van der Waals surface area contributed by atoms with E-state index in [0.29, 0.717) is 34.0 Å². The summed E-state index contributed by atoms with van der Waals surface area (Å²) in [5.41, 5.74) is 6.54. The maximum atomic E-state index is 11.1. The number of aliphatic hydroxyl groups excluding tert-OH is 3. The van der Waals surface area contributed by atoms with Gasteiger partial charge in [0.15, 0.2) is 17.0 Å². The van der Waals surface area contributed by atoms with Gasteiger partial charge in [0, 0.05) is 17.9 Å². The third kappa shape index (κ3) is 3.70. The summed E-state index contributed by atoms with van der Waals surface area (Å²) >= 11 is 5.90. The average Bonchev–Trinajstić information content (AvgIpc) is 3.28. The maximum absolute atomic E-state index is 11.1. The molecule has 4 rings (SSSR count). The van der Waals surface area contributed by atoms with Crippen LogP contribution in [0.1, 0.15) is 31.1 Å². The molecule has 0 spiro atoms. The van der Waals surface area contributed by atoms with Crippen molar-refractivity contribution in [2.45, 2.75) is 37.7 Å². The quantitative estimate of drug-likeness (QED) is 0.375. The third-order valence-corrected chi connectivity index (χ3v) is 5.64. The van der Waals surface area contributed by atoms with Crippen LogP contribution in [0.25, 0.3) is 11.2 Å². The summed E-state index contributed by atoms with van der Waals surface area (Å²) in [7, 11) is 0. The van der Waals surface area contributed by atoms with Crippen molar-refractivity contribution in [1.29, 1.82) is 0 Å². The SMILES string of the molecule is CC(=O)NNc1ncnc2c1ncn2[C@@H]1C[C@H]([C@H](O)c2ccc(Cl)cc2)[C@@H](O)[C@H]1O. The molecule has 1 amide bonds. The number of benzene rings is 1. The molecule has 158 valence electrons. The normalized spacial score (nSPS) is 24.7. The van der Waals surface area contributed by atoms with Gasteiger partial charge in [-0.15, -0.1) is 0 Å². The predicted octanol–water partition coefficient (Wildman–Crippen LogP) is 0.959. The fourth-order valence-electron chi connectivity index (χ4n) is 3.87. The van der Waals surface area contributed by atoms with Crippen molar-refractivity contribution in [3.8, 4) is 0 Å². The highest BCUT2D eigenvalue weighted by molar-refractivity contribution is 6.30. The number of anilines is 1. The van der Waals surface area contributed by atoms with Gasteiger partial charge in [0.05, 0.1) is 24.6 Å². The van der Waals surface area contributed by atoms with Crippen LogP contribution in [-0.4, -0.2) is 53.0 Å². The number of nitrogens with one attached hydrogen (secondary N) is 2. The van der Waals surface area contributed by atoms with Gasteiger partial charge in [0.2, 0.25) is 5.91 Å². The maximum Gasteiger partial charge on any atom is 0.235 e. The molecule has 1 aliphatic rings. The Balaban J connectivity index is 1.61. The molecule has 5 N–H and O–H groups in total. The molecule has 10 nitrogen and oxygen atoms in total. The van der Waals surface area contributed by atoms with Gasteiger partial charge in [-0.2, -0.15) is 0 Å². The minimum Gasteiger partial charge on any atom is -0.390 e. The Hall–Kier alpha value is -2.79.